The lowest BCUT2D eigenvalue weighted by molar-refractivity contribution is 0.408. The van der Waals surface area contributed by atoms with Gasteiger partial charge in [0.15, 0.2) is 0 Å². The van der Waals surface area contributed by atoms with Crippen molar-refractivity contribution in [3.05, 3.63) is 29.3 Å². The second-order valence-electron chi connectivity index (χ2n) is 4.56. The maximum absolute atomic E-state index is 5.42. The molecule has 1 unspecified atom stereocenters. The molecule has 1 nitrogen and oxygen atoms in total. The van der Waals surface area contributed by atoms with Crippen molar-refractivity contribution < 1.29 is 4.74 Å². The summed E-state index contributed by atoms with van der Waals surface area (Å²) in [5, 5.41) is 0. The normalized spacial score (nSPS) is 12.5. The van der Waals surface area contributed by atoms with Gasteiger partial charge in [0, 0.05) is 10.4 Å². The summed E-state index contributed by atoms with van der Waals surface area (Å²) >= 11 is 3.78. The molecule has 1 aromatic rings. The number of hydrogen-bond donors (Lipinski definition) is 0. The van der Waals surface area contributed by atoms with Crippen LogP contribution in [0.4, 0.5) is 0 Å². The number of unbranched alkanes of at least 4 members (excludes halogenated alkanes) is 3. The van der Waals surface area contributed by atoms with Crippen LogP contribution in [0.5, 0.6) is 5.75 Å². The van der Waals surface area contributed by atoms with Gasteiger partial charge in [0.05, 0.1) is 7.11 Å². The van der Waals surface area contributed by atoms with Gasteiger partial charge in [-0.2, -0.15) is 0 Å². The highest BCUT2D eigenvalue weighted by molar-refractivity contribution is 9.09. The maximum atomic E-state index is 5.42. The molecule has 17 heavy (non-hydrogen) atoms. The third-order valence-corrected chi connectivity index (χ3v) is 3.98. The van der Waals surface area contributed by atoms with Gasteiger partial charge >= 0.3 is 0 Å². The van der Waals surface area contributed by atoms with Gasteiger partial charge in [-0.3, -0.25) is 0 Å². The molecule has 0 aliphatic carbocycles. The number of aryl methyl sites for hydroxylation is 1. The van der Waals surface area contributed by atoms with Gasteiger partial charge in [-0.05, 0) is 19.4 Å². The number of hydrogen-bond acceptors (Lipinski definition) is 1. The van der Waals surface area contributed by atoms with E-state index >= 15 is 0 Å². The zero-order valence-electron chi connectivity index (χ0n) is 11.1. The van der Waals surface area contributed by atoms with Crippen LogP contribution in [-0.4, -0.2) is 7.11 Å². The van der Waals surface area contributed by atoms with Crippen LogP contribution in [0.3, 0.4) is 0 Å². The van der Waals surface area contributed by atoms with E-state index in [1.807, 2.05) is 0 Å². The zero-order chi connectivity index (χ0) is 12.7. The molecule has 1 atom stereocenters. The molecule has 0 heterocycles. The van der Waals surface area contributed by atoms with Gasteiger partial charge in [-0.1, -0.05) is 66.2 Å². The van der Waals surface area contributed by atoms with Crippen LogP contribution < -0.4 is 4.74 Å². The van der Waals surface area contributed by atoms with Crippen molar-refractivity contribution in [1.29, 1.82) is 0 Å². The standard InChI is InChI=1S/C15H23BrO/c1-4-5-6-7-8-14(16)13-11-12(2)9-10-15(13)17-3/h9-11,14H,4-8H2,1-3H3. The molecular weight excluding hydrogens is 276 g/mol. The monoisotopic (exact) mass is 298 g/mol. The third-order valence-electron chi connectivity index (χ3n) is 3.03. The van der Waals surface area contributed by atoms with Crippen molar-refractivity contribution in [3.63, 3.8) is 0 Å². The predicted molar refractivity (Wildman–Crippen MR) is 78.2 cm³/mol. The molecule has 0 aliphatic rings. The highest BCUT2D eigenvalue weighted by Crippen LogP contribution is 2.35. The summed E-state index contributed by atoms with van der Waals surface area (Å²) in [5.41, 5.74) is 2.57. The molecule has 0 N–H and O–H groups in total. The zero-order valence-corrected chi connectivity index (χ0v) is 12.7. The molecule has 1 rings (SSSR count). The van der Waals surface area contributed by atoms with Crippen molar-refractivity contribution in [2.45, 2.75) is 50.8 Å². The Hall–Kier alpha value is -0.500. The molecule has 1 aromatic carbocycles. The fourth-order valence-corrected chi connectivity index (χ4v) is 2.69. The Morgan fingerprint density at radius 1 is 1.24 bits per heavy atom. The molecular formula is C15H23BrO. The van der Waals surface area contributed by atoms with E-state index in [4.69, 9.17) is 4.74 Å². The quantitative estimate of drug-likeness (QED) is 0.483. The van der Waals surface area contributed by atoms with E-state index in [0.29, 0.717) is 4.83 Å². The Bertz CT molecular complexity index is 336. The molecule has 0 fully saturated rings. The van der Waals surface area contributed by atoms with Crippen LogP contribution >= 0.6 is 15.9 Å². The summed E-state index contributed by atoms with van der Waals surface area (Å²) in [7, 11) is 1.74. The Labute approximate surface area is 114 Å². The third kappa shape index (κ3) is 4.71. The molecule has 0 amide bonds. The number of methoxy groups -OCH3 is 1. The minimum atomic E-state index is 0.411. The average molecular weight is 299 g/mol. The van der Waals surface area contributed by atoms with Crippen molar-refractivity contribution in [1.82, 2.24) is 0 Å². The van der Waals surface area contributed by atoms with E-state index in [1.165, 1.54) is 43.2 Å². The summed E-state index contributed by atoms with van der Waals surface area (Å²) in [6, 6.07) is 6.38. The van der Waals surface area contributed by atoms with E-state index in [9.17, 15) is 0 Å². The van der Waals surface area contributed by atoms with Crippen LogP contribution in [0.15, 0.2) is 18.2 Å². The molecule has 0 aromatic heterocycles. The number of halogens is 1. The van der Waals surface area contributed by atoms with E-state index in [1.54, 1.807) is 7.11 Å². The van der Waals surface area contributed by atoms with Gasteiger partial charge in [0.2, 0.25) is 0 Å². The second-order valence-corrected chi connectivity index (χ2v) is 5.67. The van der Waals surface area contributed by atoms with E-state index in [0.717, 1.165) is 5.75 Å². The van der Waals surface area contributed by atoms with Crippen LogP contribution in [0.25, 0.3) is 0 Å². The lowest BCUT2D eigenvalue weighted by atomic mass is 10.0. The summed E-state index contributed by atoms with van der Waals surface area (Å²) < 4.78 is 5.42. The van der Waals surface area contributed by atoms with Crippen LogP contribution in [-0.2, 0) is 0 Å². The Kier molecular flexibility index (Phi) is 6.64. The molecule has 0 spiro atoms. The molecule has 96 valence electrons. The first-order valence-electron chi connectivity index (χ1n) is 6.47. The van der Waals surface area contributed by atoms with Crippen LogP contribution in [0, 0.1) is 6.92 Å². The predicted octanol–water partition coefficient (Wildman–Crippen LogP) is 5.41. The Balaban J connectivity index is 2.60. The van der Waals surface area contributed by atoms with Gasteiger partial charge < -0.3 is 4.74 Å². The Morgan fingerprint density at radius 2 is 2.00 bits per heavy atom. The summed E-state index contributed by atoms with van der Waals surface area (Å²) in [6.45, 7) is 4.37. The molecule has 0 saturated carbocycles. The lowest BCUT2D eigenvalue weighted by Crippen LogP contribution is -1.96. The first kappa shape index (κ1) is 14.6. The Morgan fingerprint density at radius 3 is 2.65 bits per heavy atom. The van der Waals surface area contributed by atoms with Gasteiger partial charge in [0.1, 0.15) is 5.75 Å². The number of ether oxygens (including phenoxy) is 1. The summed E-state index contributed by atoms with van der Waals surface area (Å²) in [6.07, 6.45) is 6.42. The summed E-state index contributed by atoms with van der Waals surface area (Å²) in [5.74, 6) is 0.993. The average Bonchev–Trinajstić information content (AvgIpc) is 2.34. The van der Waals surface area contributed by atoms with Crippen LogP contribution in [0.1, 0.15) is 55.0 Å². The maximum Gasteiger partial charge on any atom is 0.123 e. The highest BCUT2D eigenvalue weighted by atomic mass is 79.9. The topological polar surface area (TPSA) is 9.23 Å². The van der Waals surface area contributed by atoms with E-state index in [2.05, 4.69) is 48.0 Å². The largest absolute Gasteiger partial charge is 0.496 e. The van der Waals surface area contributed by atoms with E-state index in [-0.39, 0.29) is 0 Å². The smallest absolute Gasteiger partial charge is 0.123 e. The number of benzene rings is 1. The first-order valence-corrected chi connectivity index (χ1v) is 7.39. The molecule has 0 saturated heterocycles. The van der Waals surface area contributed by atoms with Crippen molar-refractivity contribution in [2.24, 2.45) is 0 Å². The first-order chi connectivity index (χ1) is 8.19. The van der Waals surface area contributed by atoms with Gasteiger partial charge in [-0.15, -0.1) is 0 Å². The molecule has 0 aliphatic heterocycles. The van der Waals surface area contributed by atoms with Gasteiger partial charge in [-0.25, -0.2) is 0 Å². The molecule has 0 radical (unpaired) electrons. The molecule has 0 bridgehead atoms. The lowest BCUT2D eigenvalue weighted by Gasteiger charge is -2.15. The van der Waals surface area contributed by atoms with Gasteiger partial charge in [0.25, 0.3) is 0 Å². The number of alkyl halides is 1. The van der Waals surface area contributed by atoms with Crippen molar-refractivity contribution in [3.8, 4) is 5.75 Å². The highest BCUT2D eigenvalue weighted by Gasteiger charge is 2.12. The summed E-state index contributed by atoms with van der Waals surface area (Å²) in [4.78, 5) is 0.411. The van der Waals surface area contributed by atoms with Crippen molar-refractivity contribution in [2.75, 3.05) is 7.11 Å². The molecule has 2 heteroatoms. The minimum Gasteiger partial charge on any atom is -0.496 e. The van der Waals surface area contributed by atoms with E-state index < -0.39 is 0 Å². The van der Waals surface area contributed by atoms with Crippen molar-refractivity contribution >= 4 is 15.9 Å². The second kappa shape index (κ2) is 7.75. The fourth-order valence-electron chi connectivity index (χ4n) is 2.00. The fraction of sp³-hybridized carbons (Fsp3) is 0.600. The van der Waals surface area contributed by atoms with Crippen LogP contribution in [0.2, 0.25) is 0 Å². The SMILES string of the molecule is CCCCCCC(Br)c1cc(C)ccc1OC. The minimum absolute atomic E-state index is 0.411. The number of rotatable bonds is 7.